The Morgan fingerprint density at radius 2 is 1.83 bits per heavy atom. The van der Waals surface area contributed by atoms with Crippen LogP contribution in [0.25, 0.3) is 0 Å². The molecule has 5 nitrogen and oxygen atoms in total. The summed E-state index contributed by atoms with van der Waals surface area (Å²) >= 11 is 5.83. The first kappa shape index (κ1) is 18.4. The lowest BCUT2D eigenvalue weighted by atomic mass is 10.1. The van der Waals surface area contributed by atoms with Gasteiger partial charge < -0.3 is 5.32 Å². The molecule has 2 N–H and O–H groups in total. The van der Waals surface area contributed by atoms with Crippen LogP contribution >= 0.6 is 11.6 Å². The molecule has 0 fully saturated rings. The van der Waals surface area contributed by atoms with Gasteiger partial charge in [0.05, 0.1) is 4.90 Å². The van der Waals surface area contributed by atoms with Crippen LogP contribution in [0.3, 0.4) is 0 Å². The van der Waals surface area contributed by atoms with Crippen LogP contribution in [0.1, 0.15) is 22.3 Å². The molecule has 0 aliphatic carbocycles. The van der Waals surface area contributed by atoms with Crippen molar-refractivity contribution in [1.82, 2.24) is 10.0 Å². The number of nitrogens with one attached hydrogen (secondary N) is 2. The average molecular weight is 367 g/mol. The van der Waals surface area contributed by atoms with E-state index in [4.69, 9.17) is 11.6 Å². The minimum Gasteiger partial charge on any atom is -0.352 e. The summed E-state index contributed by atoms with van der Waals surface area (Å²) in [7, 11) is -2.23. The third kappa shape index (κ3) is 5.06. The van der Waals surface area contributed by atoms with E-state index in [1.54, 1.807) is 12.1 Å². The van der Waals surface area contributed by atoms with Crippen molar-refractivity contribution in [3.63, 3.8) is 0 Å². The van der Waals surface area contributed by atoms with E-state index < -0.39 is 10.0 Å². The Kier molecular flexibility index (Phi) is 6.36. The predicted octanol–water partition coefficient (Wildman–Crippen LogP) is 2.61. The van der Waals surface area contributed by atoms with E-state index in [2.05, 4.69) is 10.0 Å². The van der Waals surface area contributed by atoms with Gasteiger partial charge in [0.1, 0.15) is 0 Å². The molecule has 0 aromatic heterocycles. The first-order valence-corrected chi connectivity index (χ1v) is 9.35. The van der Waals surface area contributed by atoms with Crippen LogP contribution in [0.4, 0.5) is 0 Å². The van der Waals surface area contributed by atoms with E-state index in [1.165, 1.54) is 19.2 Å². The number of aryl methyl sites for hydroxylation is 1. The lowest BCUT2D eigenvalue weighted by Gasteiger charge is -2.07. The van der Waals surface area contributed by atoms with Crippen molar-refractivity contribution in [2.24, 2.45) is 0 Å². The Labute approximate surface area is 147 Å². The van der Waals surface area contributed by atoms with E-state index in [-0.39, 0.29) is 10.8 Å². The number of carbonyl (C=O) groups is 1. The van der Waals surface area contributed by atoms with Crippen LogP contribution in [0.5, 0.6) is 0 Å². The Morgan fingerprint density at radius 1 is 1.12 bits per heavy atom. The number of amides is 1. The number of rotatable bonds is 7. The Morgan fingerprint density at radius 3 is 2.50 bits per heavy atom. The van der Waals surface area contributed by atoms with Crippen LogP contribution in [-0.4, -0.2) is 27.9 Å². The highest BCUT2D eigenvalue weighted by molar-refractivity contribution is 7.89. The topological polar surface area (TPSA) is 75.3 Å². The van der Waals surface area contributed by atoms with E-state index in [9.17, 15) is 13.2 Å². The van der Waals surface area contributed by atoms with Gasteiger partial charge in [0.15, 0.2) is 0 Å². The Bertz CT molecular complexity index is 805. The highest BCUT2D eigenvalue weighted by atomic mass is 35.5. The third-order valence-corrected chi connectivity index (χ3v) is 5.18. The van der Waals surface area contributed by atoms with Gasteiger partial charge in [-0.05, 0) is 55.8 Å². The van der Waals surface area contributed by atoms with Crippen LogP contribution in [0.2, 0.25) is 5.02 Å². The van der Waals surface area contributed by atoms with Gasteiger partial charge in [-0.25, -0.2) is 13.1 Å². The maximum absolute atomic E-state index is 12.1. The molecule has 0 radical (unpaired) electrons. The maximum atomic E-state index is 12.1. The number of halogens is 1. The zero-order valence-electron chi connectivity index (χ0n) is 13.3. The highest BCUT2D eigenvalue weighted by Gasteiger charge is 2.13. The first-order valence-electron chi connectivity index (χ1n) is 7.48. The molecule has 0 unspecified atom stereocenters. The molecule has 2 aromatic rings. The number of carbonyl (C=O) groups excluding carboxylic acids is 1. The van der Waals surface area contributed by atoms with Crippen molar-refractivity contribution in [2.75, 3.05) is 13.6 Å². The van der Waals surface area contributed by atoms with E-state index in [0.29, 0.717) is 17.1 Å². The fourth-order valence-corrected chi connectivity index (χ4v) is 3.07. The fraction of sp³-hybridized carbons (Fsp3) is 0.235. The summed E-state index contributed by atoms with van der Waals surface area (Å²) < 4.78 is 25.8. The van der Waals surface area contributed by atoms with Crippen molar-refractivity contribution < 1.29 is 13.2 Å². The SMILES string of the molecule is CNS(=O)(=O)c1cccc(C(=O)NCCCc2ccc(Cl)cc2)c1. The van der Waals surface area contributed by atoms with Gasteiger partial charge in [-0.1, -0.05) is 29.8 Å². The van der Waals surface area contributed by atoms with Crippen molar-refractivity contribution in [3.8, 4) is 0 Å². The predicted molar refractivity (Wildman–Crippen MR) is 94.8 cm³/mol. The van der Waals surface area contributed by atoms with Crippen LogP contribution in [0, 0.1) is 0 Å². The normalized spacial score (nSPS) is 11.2. The van der Waals surface area contributed by atoms with Crippen LogP contribution in [-0.2, 0) is 16.4 Å². The molecule has 0 aliphatic rings. The van der Waals surface area contributed by atoms with Gasteiger partial charge in [-0.15, -0.1) is 0 Å². The van der Waals surface area contributed by atoms with Gasteiger partial charge in [-0.3, -0.25) is 4.79 Å². The highest BCUT2D eigenvalue weighted by Crippen LogP contribution is 2.12. The third-order valence-electron chi connectivity index (χ3n) is 3.52. The average Bonchev–Trinajstić information content (AvgIpc) is 2.60. The molecule has 2 aromatic carbocycles. The second kappa shape index (κ2) is 8.28. The summed E-state index contributed by atoms with van der Waals surface area (Å²) in [6, 6.07) is 13.5. The summed E-state index contributed by atoms with van der Waals surface area (Å²) in [4.78, 5) is 12.2. The lowest BCUT2D eigenvalue weighted by molar-refractivity contribution is 0.0953. The number of benzene rings is 2. The molecule has 2 rings (SSSR count). The molecule has 128 valence electrons. The Hall–Kier alpha value is -1.89. The summed E-state index contributed by atoms with van der Waals surface area (Å²) in [6.07, 6.45) is 1.60. The van der Waals surface area contributed by atoms with Gasteiger partial charge in [0.2, 0.25) is 10.0 Å². The molecule has 0 heterocycles. The van der Waals surface area contributed by atoms with Crippen molar-refractivity contribution >= 4 is 27.5 Å². The molecule has 0 bridgehead atoms. The minimum absolute atomic E-state index is 0.0683. The summed E-state index contributed by atoms with van der Waals surface area (Å²) in [5, 5.41) is 3.49. The molecular formula is C17H19ClN2O3S. The second-order valence-corrected chi connectivity index (χ2v) is 7.54. The summed E-state index contributed by atoms with van der Waals surface area (Å²) in [5.74, 6) is -0.292. The smallest absolute Gasteiger partial charge is 0.251 e. The largest absolute Gasteiger partial charge is 0.352 e. The van der Waals surface area contributed by atoms with Gasteiger partial charge in [-0.2, -0.15) is 0 Å². The zero-order valence-corrected chi connectivity index (χ0v) is 14.8. The van der Waals surface area contributed by atoms with Gasteiger partial charge in [0.25, 0.3) is 5.91 Å². The van der Waals surface area contributed by atoms with Crippen molar-refractivity contribution in [1.29, 1.82) is 0 Å². The molecular weight excluding hydrogens is 348 g/mol. The zero-order chi connectivity index (χ0) is 17.6. The molecule has 1 amide bonds. The molecule has 0 saturated heterocycles. The Balaban J connectivity index is 1.89. The van der Waals surface area contributed by atoms with E-state index in [0.717, 1.165) is 18.4 Å². The number of hydrogen-bond acceptors (Lipinski definition) is 3. The van der Waals surface area contributed by atoms with Crippen LogP contribution in [0.15, 0.2) is 53.4 Å². The van der Waals surface area contributed by atoms with E-state index >= 15 is 0 Å². The fourth-order valence-electron chi connectivity index (χ4n) is 2.17. The standard InChI is InChI=1S/C17H19ClN2O3S/c1-19-24(22,23)16-6-2-5-14(12-16)17(21)20-11-3-4-13-7-9-15(18)10-8-13/h2,5-10,12,19H,3-4,11H2,1H3,(H,20,21). The second-order valence-electron chi connectivity index (χ2n) is 5.22. The number of hydrogen-bond donors (Lipinski definition) is 2. The lowest BCUT2D eigenvalue weighted by Crippen LogP contribution is -2.25. The molecule has 24 heavy (non-hydrogen) atoms. The van der Waals surface area contributed by atoms with E-state index in [1.807, 2.05) is 24.3 Å². The van der Waals surface area contributed by atoms with Crippen molar-refractivity contribution in [2.45, 2.75) is 17.7 Å². The minimum atomic E-state index is -3.56. The molecule has 0 aliphatic heterocycles. The quantitative estimate of drug-likeness (QED) is 0.739. The maximum Gasteiger partial charge on any atom is 0.251 e. The molecule has 0 spiro atoms. The van der Waals surface area contributed by atoms with Gasteiger partial charge >= 0.3 is 0 Å². The molecule has 7 heteroatoms. The first-order chi connectivity index (χ1) is 11.4. The summed E-state index contributed by atoms with van der Waals surface area (Å²) in [6.45, 7) is 0.504. The monoisotopic (exact) mass is 366 g/mol. The van der Waals surface area contributed by atoms with Gasteiger partial charge in [0, 0.05) is 17.1 Å². The van der Waals surface area contributed by atoms with Crippen LogP contribution < -0.4 is 10.0 Å². The van der Waals surface area contributed by atoms with Crippen molar-refractivity contribution in [3.05, 3.63) is 64.7 Å². The molecule has 0 atom stereocenters. The summed E-state index contributed by atoms with van der Waals surface area (Å²) in [5.41, 5.74) is 1.47. The number of sulfonamides is 1. The molecule has 0 saturated carbocycles.